The number of alkyl halides is 6. The summed E-state index contributed by atoms with van der Waals surface area (Å²) >= 11 is 0. The van der Waals surface area contributed by atoms with Gasteiger partial charge < -0.3 is 10.4 Å². The third-order valence-electron chi connectivity index (χ3n) is 3.62. The Morgan fingerprint density at radius 3 is 1.80 bits per heavy atom. The monoisotopic (exact) mass is 371 g/mol. The maximum Gasteiger partial charge on any atom is 0.416 e. The Labute approximate surface area is 138 Å². The van der Waals surface area contributed by atoms with Gasteiger partial charge in [-0.3, -0.25) is 4.79 Å². The van der Waals surface area contributed by atoms with E-state index in [9.17, 15) is 35.9 Å². The molecular formula is C15H15F6NO3. The Balaban J connectivity index is 3.31. The summed E-state index contributed by atoms with van der Waals surface area (Å²) in [5.41, 5.74) is -4.22. The van der Waals surface area contributed by atoms with E-state index in [4.69, 9.17) is 5.11 Å². The summed E-state index contributed by atoms with van der Waals surface area (Å²) in [5.74, 6) is -3.34. The van der Waals surface area contributed by atoms with E-state index in [-0.39, 0.29) is 18.2 Å². The van der Waals surface area contributed by atoms with E-state index in [1.165, 1.54) is 6.92 Å². The fourth-order valence-electron chi connectivity index (χ4n) is 1.99. The normalized spacial score (nSPS) is 14.7. The minimum atomic E-state index is -5.10. The first-order valence-corrected chi connectivity index (χ1v) is 7.10. The molecule has 1 amide bonds. The van der Waals surface area contributed by atoms with Crippen LogP contribution in [0.2, 0.25) is 0 Å². The van der Waals surface area contributed by atoms with Gasteiger partial charge in [-0.2, -0.15) is 26.3 Å². The molecule has 0 aliphatic heterocycles. The Morgan fingerprint density at radius 1 is 1.04 bits per heavy atom. The highest BCUT2D eigenvalue weighted by molar-refractivity contribution is 5.97. The first-order valence-electron chi connectivity index (χ1n) is 7.10. The van der Waals surface area contributed by atoms with Crippen molar-refractivity contribution < 1.29 is 41.0 Å². The Morgan fingerprint density at radius 2 is 1.48 bits per heavy atom. The number of hydrogen-bond acceptors (Lipinski definition) is 2. The number of carbonyl (C=O) groups excluding carboxylic acids is 1. The molecule has 0 aliphatic rings. The minimum absolute atomic E-state index is 0.111. The van der Waals surface area contributed by atoms with Crippen molar-refractivity contribution in [2.45, 2.75) is 38.7 Å². The van der Waals surface area contributed by atoms with Gasteiger partial charge in [0.15, 0.2) is 0 Å². The van der Waals surface area contributed by atoms with Gasteiger partial charge in [0.2, 0.25) is 0 Å². The lowest BCUT2D eigenvalue weighted by atomic mass is 9.98. The van der Waals surface area contributed by atoms with E-state index in [0.717, 1.165) is 0 Å². The third kappa shape index (κ3) is 5.36. The second-order valence-electron chi connectivity index (χ2n) is 5.47. The molecule has 1 aromatic carbocycles. The number of benzene rings is 1. The summed E-state index contributed by atoms with van der Waals surface area (Å²) in [6.45, 7) is 3.10. The summed E-state index contributed by atoms with van der Waals surface area (Å²) in [6.07, 6.45) is -9.87. The molecule has 140 valence electrons. The number of rotatable bonds is 5. The fourth-order valence-corrected chi connectivity index (χ4v) is 1.99. The van der Waals surface area contributed by atoms with E-state index < -0.39 is 52.9 Å². The molecule has 4 nitrogen and oxygen atoms in total. The molecule has 0 saturated heterocycles. The van der Waals surface area contributed by atoms with Gasteiger partial charge in [-0.25, -0.2) is 4.79 Å². The van der Waals surface area contributed by atoms with Crippen molar-refractivity contribution in [3.05, 3.63) is 34.9 Å². The van der Waals surface area contributed by atoms with Crippen molar-refractivity contribution in [2.75, 3.05) is 0 Å². The van der Waals surface area contributed by atoms with Crippen LogP contribution in [0.5, 0.6) is 0 Å². The molecule has 10 heteroatoms. The summed E-state index contributed by atoms with van der Waals surface area (Å²) in [6, 6.07) is -1.05. The molecule has 2 atom stereocenters. The van der Waals surface area contributed by atoms with Crippen molar-refractivity contribution in [3.8, 4) is 0 Å². The van der Waals surface area contributed by atoms with Crippen LogP contribution in [0.1, 0.15) is 41.8 Å². The van der Waals surface area contributed by atoms with E-state index in [1.807, 2.05) is 5.32 Å². The second-order valence-corrected chi connectivity index (χ2v) is 5.47. The van der Waals surface area contributed by atoms with Gasteiger partial charge in [0.1, 0.15) is 6.04 Å². The zero-order valence-corrected chi connectivity index (χ0v) is 13.1. The molecule has 0 heterocycles. The lowest BCUT2D eigenvalue weighted by Crippen LogP contribution is -2.45. The highest BCUT2D eigenvalue weighted by Gasteiger charge is 2.38. The number of aliphatic carboxylic acids is 1. The average Bonchev–Trinajstić information content (AvgIpc) is 2.49. The summed E-state index contributed by atoms with van der Waals surface area (Å²) in [5, 5.41) is 11.0. The highest BCUT2D eigenvalue weighted by atomic mass is 19.4. The SMILES string of the molecule is CC[C@@H](C)[C@@H](NC(=O)c1cc(C(F)(F)F)cc(C(F)(F)F)c1)C(=O)O. The molecule has 1 aromatic rings. The number of amides is 1. The number of hydrogen-bond donors (Lipinski definition) is 2. The van der Waals surface area contributed by atoms with Crippen LogP contribution >= 0.6 is 0 Å². The number of carbonyl (C=O) groups is 2. The molecule has 0 fully saturated rings. The molecule has 0 spiro atoms. The van der Waals surface area contributed by atoms with Gasteiger partial charge in [0, 0.05) is 5.56 Å². The average molecular weight is 371 g/mol. The highest BCUT2D eigenvalue weighted by Crippen LogP contribution is 2.36. The zero-order valence-electron chi connectivity index (χ0n) is 13.1. The molecule has 0 radical (unpaired) electrons. The number of carboxylic acids is 1. The second kappa shape index (κ2) is 7.32. The molecule has 0 saturated carbocycles. The molecule has 2 N–H and O–H groups in total. The minimum Gasteiger partial charge on any atom is -0.480 e. The molecule has 0 unspecified atom stereocenters. The van der Waals surface area contributed by atoms with E-state index in [1.54, 1.807) is 6.92 Å². The third-order valence-corrected chi connectivity index (χ3v) is 3.62. The smallest absolute Gasteiger partial charge is 0.416 e. The number of carboxylic acid groups (broad SMARTS) is 1. The van der Waals surface area contributed by atoms with Gasteiger partial charge in [0.05, 0.1) is 11.1 Å². The molecule has 0 aromatic heterocycles. The summed E-state index contributed by atoms with van der Waals surface area (Å²) < 4.78 is 76.7. The molecule has 0 bridgehead atoms. The number of nitrogens with one attached hydrogen (secondary N) is 1. The van der Waals surface area contributed by atoms with E-state index in [2.05, 4.69) is 0 Å². The van der Waals surface area contributed by atoms with Crippen LogP contribution in [-0.2, 0) is 17.1 Å². The molecule has 0 aliphatic carbocycles. The van der Waals surface area contributed by atoms with Crippen LogP contribution in [0, 0.1) is 5.92 Å². The first-order chi connectivity index (χ1) is 11.3. The van der Waals surface area contributed by atoms with Crippen LogP contribution in [0.15, 0.2) is 18.2 Å². The van der Waals surface area contributed by atoms with Crippen LogP contribution in [0.25, 0.3) is 0 Å². The van der Waals surface area contributed by atoms with Crippen LogP contribution in [0.4, 0.5) is 26.3 Å². The lowest BCUT2D eigenvalue weighted by Gasteiger charge is -2.21. The molecular weight excluding hydrogens is 356 g/mol. The largest absolute Gasteiger partial charge is 0.480 e. The fraction of sp³-hybridized carbons (Fsp3) is 0.467. The van der Waals surface area contributed by atoms with Crippen LogP contribution in [-0.4, -0.2) is 23.0 Å². The topological polar surface area (TPSA) is 66.4 Å². The Bertz CT molecular complexity index is 621. The maximum absolute atomic E-state index is 12.8. The van der Waals surface area contributed by atoms with Crippen molar-refractivity contribution in [2.24, 2.45) is 5.92 Å². The van der Waals surface area contributed by atoms with Gasteiger partial charge in [-0.1, -0.05) is 20.3 Å². The molecule has 1 rings (SSSR count). The predicted octanol–water partition coefficient (Wildman–Crippen LogP) is 3.95. The predicted molar refractivity (Wildman–Crippen MR) is 74.8 cm³/mol. The Hall–Kier alpha value is -2.26. The maximum atomic E-state index is 12.8. The van der Waals surface area contributed by atoms with Gasteiger partial charge in [0.25, 0.3) is 5.91 Å². The standard InChI is InChI=1S/C15H15F6NO3/c1-3-7(2)11(13(24)25)22-12(23)8-4-9(14(16,17)18)6-10(5-8)15(19,20)21/h4-7,11H,3H2,1-2H3,(H,22,23)(H,24,25)/t7-,11-/m1/s1. The number of halogens is 6. The van der Waals surface area contributed by atoms with E-state index >= 15 is 0 Å². The van der Waals surface area contributed by atoms with Gasteiger partial charge >= 0.3 is 18.3 Å². The molecule has 25 heavy (non-hydrogen) atoms. The van der Waals surface area contributed by atoms with Gasteiger partial charge in [-0.05, 0) is 24.1 Å². The zero-order chi connectivity index (χ0) is 19.6. The van der Waals surface area contributed by atoms with Crippen molar-refractivity contribution in [1.82, 2.24) is 5.32 Å². The van der Waals surface area contributed by atoms with Crippen LogP contribution in [0.3, 0.4) is 0 Å². The van der Waals surface area contributed by atoms with Crippen molar-refractivity contribution in [3.63, 3.8) is 0 Å². The lowest BCUT2D eigenvalue weighted by molar-refractivity contribution is -0.143. The van der Waals surface area contributed by atoms with E-state index in [0.29, 0.717) is 6.42 Å². The van der Waals surface area contributed by atoms with Crippen molar-refractivity contribution in [1.29, 1.82) is 0 Å². The van der Waals surface area contributed by atoms with Crippen LogP contribution < -0.4 is 5.32 Å². The summed E-state index contributed by atoms with van der Waals surface area (Å²) in [4.78, 5) is 23.2. The Kier molecular flexibility index (Phi) is 6.09. The van der Waals surface area contributed by atoms with Crippen molar-refractivity contribution >= 4 is 11.9 Å². The first kappa shape index (κ1) is 20.8. The summed E-state index contributed by atoms with van der Waals surface area (Å²) in [7, 11) is 0. The van der Waals surface area contributed by atoms with Gasteiger partial charge in [-0.15, -0.1) is 0 Å². The quantitative estimate of drug-likeness (QED) is 0.771.